The maximum atomic E-state index is 8.48. The Morgan fingerprint density at radius 1 is 0.381 bits per heavy atom. The average molecular weight is 346 g/mol. The van der Waals surface area contributed by atoms with Crippen LogP contribution in [0.25, 0.3) is 0 Å². The second-order valence-electron chi connectivity index (χ2n) is 4.02. The molecular weight excluding hydrogens is 316 g/mol. The van der Waals surface area contributed by atoms with Gasteiger partial charge in [0.15, 0.2) is 0 Å². The molecule has 0 aromatic rings. The second kappa shape index (κ2) is 22.7. The SMILES string of the molecule is OCCN(CCO)CCO.OCCN(CCO)CCO.[Ti]. The van der Waals surface area contributed by atoms with Gasteiger partial charge in [-0.2, -0.15) is 0 Å². The van der Waals surface area contributed by atoms with E-state index in [1.54, 1.807) is 9.80 Å². The third-order valence-electron chi connectivity index (χ3n) is 2.50. The molecule has 0 radical (unpaired) electrons. The van der Waals surface area contributed by atoms with Crippen molar-refractivity contribution >= 4 is 0 Å². The molecule has 21 heavy (non-hydrogen) atoms. The molecule has 0 aromatic carbocycles. The number of rotatable bonds is 12. The predicted molar refractivity (Wildman–Crippen MR) is 75.4 cm³/mol. The maximum Gasteiger partial charge on any atom is 0.0558 e. The predicted octanol–water partition coefficient (Wildman–Crippen LogP) is -3.47. The molecule has 0 heterocycles. The van der Waals surface area contributed by atoms with Gasteiger partial charge in [0.05, 0.1) is 39.6 Å². The third-order valence-corrected chi connectivity index (χ3v) is 2.50. The topological polar surface area (TPSA) is 128 Å². The minimum Gasteiger partial charge on any atom is -0.395 e. The molecule has 0 spiro atoms. The molecule has 0 saturated heterocycles. The van der Waals surface area contributed by atoms with Crippen LogP contribution in [0.5, 0.6) is 0 Å². The zero-order valence-electron chi connectivity index (χ0n) is 12.6. The van der Waals surface area contributed by atoms with Crippen molar-refractivity contribution in [1.82, 2.24) is 9.80 Å². The molecule has 0 fully saturated rings. The molecule has 0 unspecified atom stereocenters. The van der Waals surface area contributed by atoms with Crippen LogP contribution in [0, 0.1) is 0 Å². The van der Waals surface area contributed by atoms with Crippen molar-refractivity contribution in [2.24, 2.45) is 0 Å². The molecule has 0 atom stereocenters. The van der Waals surface area contributed by atoms with E-state index >= 15 is 0 Å². The summed E-state index contributed by atoms with van der Waals surface area (Å²) in [5.74, 6) is 0. The fourth-order valence-corrected chi connectivity index (χ4v) is 1.52. The van der Waals surface area contributed by atoms with Gasteiger partial charge in [0, 0.05) is 61.0 Å². The molecular formula is C12H30N2O6Ti. The average Bonchev–Trinajstić information content (AvgIpc) is 2.41. The van der Waals surface area contributed by atoms with Crippen LogP contribution in [0.2, 0.25) is 0 Å². The number of nitrogens with zero attached hydrogens (tertiary/aromatic N) is 2. The maximum absolute atomic E-state index is 8.48. The quantitative estimate of drug-likeness (QED) is 0.201. The monoisotopic (exact) mass is 346 g/mol. The van der Waals surface area contributed by atoms with E-state index in [4.69, 9.17) is 30.6 Å². The Kier molecular flexibility index (Phi) is 28.4. The molecule has 8 nitrogen and oxygen atoms in total. The molecule has 0 aliphatic rings. The van der Waals surface area contributed by atoms with Crippen LogP contribution in [-0.2, 0) is 21.7 Å². The number of aliphatic hydroxyl groups excluding tert-OH is 6. The van der Waals surface area contributed by atoms with E-state index in [0.29, 0.717) is 39.3 Å². The fourth-order valence-electron chi connectivity index (χ4n) is 1.52. The van der Waals surface area contributed by atoms with Crippen molar-refractivity contribution in [3.05, 3.63) is 0 Å². The summed E-state index contributed by atoms with van der Waals surface area (Å²) < 4.78 is 0. The van der Waals surface area contributed by atoms with Gasteiger partial charge in [-0.15, -0.1) is 0 Å². The largest absolute Gasteiger partial charge is 0.395 e. The van der Waals surface area contributed by atoms with Crippen LogP contribution in [0.4, 0.5) is 0 Å². The van der Waals surface area contributed by atoms with Crippen molar-refractivity contribution in [2.45, 2.75) is 0 Å². The molecule has 0 amide bonds. The van der Waals surface area contributed by atoms with E-state index in [2.05, 4.69) is 0 Å². The second-order valence-corrected chi connectivity index (χ2v) is 4.02. The summed E-state index contributed by atoms with van der Waals surface area (Å²) in [5.41, 5.74) is 0. The number of hydrogen-bond acceptors (Lipinski definition) is 8. The number of aliphatic hydroxyl groups is 6. The first kappa shape index (κ1) is 26.3. The van der Waals surface area contributed by atoms with Gasteiger partial charge in [-0.25, -0.2) is 0 Å². The van der Waals surface area contributed by atoms with Crippen LogP contribution >= 0.6 is 0 Å². The summed E-state index contributed by atoms with van der Waals surface area (Å²) >= 11 is 0. The van der Waals surface area contributed by atoms with Crippen LogP contribution in [0.3, 0.4) is 0 Å². The first-order chi connectivity index (χ1) is 9.69. The zero-order valence-corrected chi connectivity index (χ0v) is 14.1. The van der Waals surface area contributed by atoms with Crippen LogP contribution in [-0.4, -0.2) is 119 Å². The van der Waals surface area contributed by atoms with E-state index in [0.717, 1.165) is 0 Å². The molecule has 0 aromatic heterocycles. The Balaban J connectivity index is -0.000000295. The van der Waals surface area contributed by atoms with Gasteiger partial charge < -0.3 is 30.6 Å². The minimum atomic E-state index is 0. The van der Waals surface area contributed by atoms with Gasteiger partial charge in [-0.1, -0.05) is 0 Å². The van der Waals surface area contributed by atoms with E-state index in [-0.39, 0.29) is 61.4 Å². The van der Waals surface area contributed by atoms with Crippen molar-refractivity contribution in [3.63, 3.8) is 0 Å². The van der Waals surface area contributed by atoms with Gasteiger partial charge in [0.1, 0.15) is 0 Å². The summed E-state index contributed by atoms with van der Waals surface area (Å²) in [6, 6.07) is 0. The van der Waals surface area contributed by atoms with Gasteiger partial charge >= 0.3 is 0 Å². The fraction of sp³-hybridized carbons (Fsp3) is 1.00. The first-order valence-corrected chi connectivity index (χ1v) is 6.79. The summed E-state index contributed by atoms with van der Waals surface area (Å²) in [5, 5.41) is 50.9. The third kappa shape index (κ3) is 20.4. The zero-order chi connectivity index (χ0) is 15.6. The van der Waals surface area contributed by atoms with E-state index in [1.807, 2.05) is 0 Å². The van der Waals surface area contributed by atoms with E-state index in [9.17, 15) is 0 Å². The molecule has 0 aliphatic heterocycles. The Bertz CT molecular complexity index is 135. The Morgan fingerprint density at radius 3 is 0.619 bits per heavy atom. The molecule has 6 N–H and O–H groups in total. The Hall–Kier alpha value is 0.394. The molecule has 0 saturated carbocycles. The summed E-state index contributed by atoms with van der Waals surface area (Å²) in [6.45, 7) is 3.51. The first-order valence-electron chi connectivity index (χ1n) is 6.79. The molecule has 128 valence electrons. The van der Waals surface area contributed by atoms with Gasteiger partial charge in [0.25, 0.3) is 0 Å². The Morgan fingerprint density at radius 2 is 0.524 bits per heavy atom. The minimum absolute atomic E-state index is 0. The normalized spacial score (nSPS) is 10.3. The van der Waals surface area contributed by atoms with Gasteiger partial charge in [-0.3, -0.25) is 9.80 Å². The molecule has 9 heteroatoms. The van der Waals surface area contributed by atoms with Crippen molar-refractivity contribution in [3.8, 4) is 0 Å². The van der Waals surface area contributed by atoms with Crippen LogP contribution in [0.1, 0.15) is 0 Å². The molecule has 0 bridgehead atoms. The van der Waals surface area contributed by atoms with Gasteiger partial charge in [-0.05, 0) is 0 Å². The number of hydrogen-bond donors (Lipinski definition) is 6. The molecule has 0 rings (SSSR count). The van der Waals surface area contributed by atoms with Crippen molar-refractivity contribution in [1.29, 1.82) is 0 Å². The standard InChI is InChI=1S/2C6H15NO3.Ti/c2*8-4-1-7(2-5-9)3-6-10;/h2*8-10H,1-6H2;. The molecule has 0 aliphatic carbocycles. The van der Waals surface area contributed by atoms with Crippen molar-refractivity contribution < 1.29 is 52.4 Å². The summed E-state index contributed by atoms with van der Waals surface area (Å²) in [7, 11) is 0. The van der Waals surface area contributed by atoms with Gasteiger partial charge in [0.2, 0.25) is 0 Å². The summed E-state index contributed by atoms with van der Waals surface area (Å²) in [4.78, 5) is 3.58. The Labute approximate surface area is 141 Å². The van der Waals surface area contributed by atoms with E-state index in [1.165, 1.54) is 0 Å². The van der Waals surface area contributed by atoms with Crippen LogP contribution in [0.15, 0.2) is 0 Å². The van der Waals surface area contributed by atoms with Crippen LogP contribution < -0.4 is 0 Å². The smallest absolute Gasteiger partial charge is 0.0558 e. The summed E-state index contributed by atoms with van der Waals surface area (Å²) in [6.07, 6.45) is 0. The van der Waals surface area contributed by atoms with Crippen molar-refractivity contribution in [2.75, 3.05) is 78.9 Å². The van der Waals surface area contributed by atoms with E-state index < -0.39 is 0 Å².